The van der Waals surface area contributed by atoms with Gasteiger partial charge in [-0.1, -0.05) is 61.1 Å². The van der Waals surface area contributed by atoms with Crippen molar-refractivity contribution in [2.24, 2.45) is 17.8 Å². The second-order valence-electron chi connectivity index (χ2n) is 8.25. The van der Waals surface area contributed by atoms with Crippen molar-refractivity contribution in [3.63, 3.8) is 0 Å². The highest BCUT2D eigenvalue weighted by Gasteiger charge is 2.31. The molecule has 0 amide bonds. The maximum absolute atomic E-state index is 12.4. The number of rotatable bonds is 6. The van der Waals surface area contributed by atoms with Crippen LogP contribution in [0.2, 0.25) is 0 Å². The molecule has 1 heterocycles. The summed E-state index contributed by atoms with van der Waals surface area (Å²) in [4.78, 5) is 12.4. The highest BCUT2D eigenvalue weighted by Crippen LogP contribution is 2.40. The van der Waals surface area contributed by atoms with Crippen LogP contribution in [0.5, 0.6) is 0 Å². The van der Waals surface area contributed by atoms with E-state index in [2.05, 4.69) is 38.6 Å². The van der Waals surface area contributed by atoms with Crippen LogP contribution >= 0.6 is 0 Å². The van der Waals surface area contributed by atoms with Crippen molar-refractivity contribution >= 4 is 5.97 Å². The number of ether oxygens (including phenoxy) is 2. The molecule has 0 spiro atoms. The summed E-state index contributed by atoms with van der Waals surface area (Å²) in [5.74, 6) is 1.04. The zero-order valence-electron chi connectivity index (χ0n) is 16.7. The number of carbonyl (C=O) groups is 1. The molecule has 1 aromatic rings. The smallest absolute Gasteiger partial charge is 0.306 e. The molecule has 27 heavy (non-hydrogen) atoms. The van der Waals surface area contributed by atoms with Gasteiger partial charge >= 0.3 is 5.97 Å². The van der Waals surface area contributed by atoms with Crippen molar-refractivity contribution in [1.29, 1.82) is 0 Å². The Balaban J connectivity index is 1.57. The second kappa shape index (κ2) is 9.36. The number of hydrogen-bond donors (Lipinski definition) is 0. The average Bonchev–Trinajstić information content (AvgIpc) is 2.64. The molecule has 3 rings (SSSR count). The van der Waals surface area contributed by atoms with Gasteiger partial charge in [-0.2, -0.15) is 0 Å². The van der Waals surface area contributed by atoms with E-state index in [0.717, 1.165) is 31.2 Å². The minimum atomic E-state index is -0.105. The molecule has 146 valence electrons. The highest BCUT2D eigenvalue weighted by molar-refractivity contribution is 5.70. The van der Waals surface area contributed by atoms with E-state index in [-0.39, 0.29) is 18.0 Å². The van der Waals surface area contributed by atoms with Crippen LogP contribution in [-0.4, -0.2) is 18.7 Å². The topological polar surface area (TPSA) is 35.5 Å². The van der Waals surface area contributed by atoms with E-state index < -0.39 is 0 Å². The normalized spacial score (nSPS) is 28.7. The Morgan fingerprint density at radius 1 is 1.26 bits per heavy atom. The van der Waals surface area contributed by atoms with Crippen LogP contribution in [0.1, 0.15) is 51.5 Å². The highest BCUT2D eigenvalue weighted by atomic mass is 16.5. The molecule has 0 N–H and O–H groups in total. The van der Waals surface area contributed by atoms with Crippen LogP contribution in [0.25, 0.3) is 0 Å². The molecular formula is C24H32O3. The van der Waals surface area contributed by atoms with Gasteiger partial charge in [-0.15, -0.1) is 0 Å². The number of fused-ring (bicyclic) bond motifs is 1. The number of esters is 1. The van der Waals surface area contributed by atoms with E-state index in [0.29, 0.717) is 31.5 Å². The second-order valence-corrected chi connectivity index (χ2v) is 8.25. The molecule has 0 bridgehead atoms. The van der Waals surface area contributed by atoms with Gasteiger partial charge in [-0.25, -0.2) is 0 Å². The predicted octanol–water partition coefficient (Wildman–Crippen LogP) is 5.46. The quantitative estimate of drug-likeness (QED) is 0.494. The van der Waals surface area contributed by atoms with Crippen LogP contribution in [-0.2, 0) is 20.9 Å². The number of carbonyl (C=O) groups excluding carboxylic acids is 1. The summed E-state index contributed by atoms with van der Waals surface area (Å²) in [5.41, 5.74) is 3.86. The predicted molar refractivity (Wildman–Crippen MR) is 108 cm³/mol. The zero-order chi connectivity index (χ0) is 19.2. The van der Waals surface area contributed by atoms with Gasteiger partial charge < -0.3 is 9.47 Å². The standard InChI is InChI=1S/C24H32O3/c1-17(2)20-9-10-22-14-24(25)27-23(12-11-21(22)13-20)18(3)15-26-16-19-7-5-4-6-8-19/h4-8,11,18,20,22-23H,1,9-10,12-16H2,2-3H3/b21-11-/t18-,20+,22?,23+/m1/s1. The maximum Gasteiger partial charge on any atom is 0.306 e. The zero-order valence-corrected chi connectivity index (χ0v) is 16.7. The Labute approximate surface area is 163 Å². The third kappa shape index (κ3) is 5.55. The van der Waals surface area contributed by atoms with Crippen molar-refractivity contribution in [1.82, 2.24) is 0 Å². The Morgan fingerprint density at radius 3 is 2.78 bits per heavy atom. The van der Waals surface area contributed by atoms with Crippen molar-refractivity contribution in [2.45, 2.75) is 58.7 Å². The summed E-state index contributed by atoms with van der Waals surface area (Å²) in [7, 11) is 0. The summed E-state index contributed by atoms with van der Waals surface area (Å²) in [6.07, 6.45) is 6.80. The summed E-state index contributed by atoms with van der Waals surface area (Å²) < 4.78 is 11.7. The van der Waals surface area contributed by atoms with Gasteiger partial charge in [0.1, 0.15) is 6.10 Å². The summed E-state index contributed by atoms with van der Waals surface area (Å²) in [5, 5.41) is 0. The van der Waals surface area contributed by atoms with Crippen LogP contribution in [0, 0.1) is 17.8 Å². The minimum absolute atomic E-state index is 0.0562. The Kier molecular flexibility index (Phi) is 6.89. The molecule has 0 radical (unpaired) electrons. The molecular weight excluding hydrogens is 336 g/mol. The van der Waals surface area contributed by atoms with Crippen LogP contribution in [0.4, 0.5) is 0 Å². The lowest BCUT2D eigenvalue weighted by molar-refractivity contribution is -0.154. The van der Waals surface area contributed by atoms with E-state index in [1.165, 1.54) is 11.1 Å². The molecule has 4 atom stereocenters. The Morgan fingerprint density at radius 2 is 2.04 bits per heavy atom. The minimum Gasteiger partial charge on any atom is -0.462 e. The molecule has 1 aliphatic carbocycles. The van der Waals surface area contributed by atoms with Gasteiger partial charge in [0.2, 0.25) is 0 Å². The molecule has 0 aromatic heterocycles. The summed E-state index contributed by atoms with van der Waals surface area (Å²) >= 11 is 0. The SMILES string of the molecule is C=C(C)[C@H]1CCC2CC(=O)O[C@H]([C@H](C)COCc3ccccc3)C/C=C\2C1. The first-order chi connectivity index (χ1) is 13.0. The van der Waals surface area contributed by atoms with Gasteiger partial charge in [0, 0.05) is 12.3 Å². The first kappa shape index (κ1) is 19.9. The summed E-state index contributed by atoms with van der Waals surface area (Å²) in [6.45, 7) is 9.56. The third-order valence-electron chi connectivity index (χ3n) is 6.00. The van der Waals surface area contributed by atoms with Crippen molar-refractivity contribution < 1.29 is 14.3 Å². The first-order valence-corrected chi connectivity index (χ1v) is 10.2. The monoisotopic (exact) mass is 368 g/mol. The lowest BCUT2D eigenvalue weighted by Gasteiger charge is -2.34. The molecule has 0 saturated heterocycles. The van der Waals surface area contributed by atoms with Crippen molar-refractivity contribution in [3.8, 4) is 0 Å². The van der Waals surface area contributed by atoms with Crippen LogP contribution in [0.3, 0.4) is 0 Å². The molecule has 1 saturated carbocycles. The van der Waals surface area contributed by atoms with Gasteiger partial charge in [0.15, 0.2) is 0 Å². The molecule has 3 nitrogen and oxygen atoms in total. The molecule has 1 aliphatic heterocycles. The third-order valence-corrected chi connectivity index (χ3v) is 6.00. The van der Waals surface area contributed by atoms with E-state index in [1.807, 2.05) is 18.2 Å². The van der Waals surface area contributed by atoms with Gasteiger partial charge in [0.25, 0.3) is 0 Å². The van der Waals surface area contributed by atoms with Gasteiger partial charge in [-0.3, -0.25) is 4.79 Å². The van der Waals surface area contributed by atoms with E-state index in [1.54, 1.807) is 0 Å². The Hall–Kier alpha value is -1.87. The van der Waals surface area contributed by atoms with E-state index in [4.69, 9.17) is 9.47 Å². The number of hydrogen-bond acceptors (Lipinski definition) is 3. The number of cyclic esters (lactones) is 1. The van der Waals surface area contributed by atoms with Crippen molar-refractivity contribution in [2.75, 3.05) is 6.61 Å². The molecule has 1 unspecified atom stereocenters. The van der Waals surface area contributed by atoms with Gasteiger partial charge in [-0.05, 0) is 43.6 Å². The largest absolute Gasteiger partial charge is 0.462 e. The lowest BCUT2D eigenvalue weighted by atomic mass is 9.73. The lowest BCUT2D eigenvalue weighted by Crippen LogP contribution is -2.32. The van der Waals surface area contributed by atoms with E-state index >= 15 is 0 Å². The molecule has 1 fully saturated rings. The Bertz CT molecular complexity index is 676. The first-order valence-electron chi connectivity index (χ1n) is 10.2. The van der Waals surface area contributed by atoms with Crippen LogP contribution in [0.15, 0.2) is 54.1 Å². The fourth-order valence-electron chi connectivity index (χ4n) is 4.17. The van der Waals surface area contributed by atoms with Crippen LogP contribution < -0.4 is 0 Å². The number of benzene rings is 1. The molecule has 2 aliphatic rings. The van der Waals surface area contributed by atoms with E-state index in [9.17, 15) is 4.79 Å². The molecule has 3 heteroatoms. The maximum atomic E-state index is 12.4. The molecule has 1 aromatic carbocycles. The number of allylic oxidation sites excluding steroid dienone is 2. The average molecular weight is 369 g/mol. The van der Waals surface area contributed by atoms with Crippen molar-refractivity contribution in [3.05, 3.63) is 59.7 Å². The fourth-order valence-corrected chi connectivity index (χ4v) is 4.17. The van der Waals surface area contributed by atoms with Gasteiger partial charge in [0.05, 0.1) is 19.6 Å². The summed E-state index contributed by atoms with van der Waals surface area (Å²) in [6, 6.07) is 10.2. The fraction of sp³-hybridized carbons (Fsp3) is 0.542.